The van der Waals surface area contributed by atoms with Crippen molar-refractivity contribution in [2.45, 2.75) is 19.3 Å². The highest BCUT2D eigenvalue weighted by molar-refractivity contribution is 8.18. The Hall–Kier alpha value is -2.61. The van der Waals surface area contributed by atoms with E-state index in [9.17, 15) is 19.2 Å². The summed E-state index contributed by atoms with van der Waals surface area (Å²) >= 11 is 0.876. The van der Waals surface area contributed by atoms with Gasteiger partial charge in [0.1, 0.15) is 0 Å². The lowest BCUT2D eigenvalue weighted by atomic mass is 9.97. The lowest BCUT2D eigenvalue weighted by Crippen LogP contribution is -2.42. The molecular formula is C19H20N2O5S. The molecule has 0 atom stereocenters. The monoisotopic (exact) mass is 388 g/mol. The van der Waals surface area contributed by atoms with Crippen LogP contribution >= 0.6 is 11.8 Å². The number of nitrogens with zero attached hydrogens (tertiary/aromatic N) is 2. The molecule has 0 saturated carbocycles. The number of imide groups is 1. The number of likely N-dealkylation sites (tertiary alicyclic amines) is 1. The summed E-state index contributed by atoms with van der Waals surface area (Å²) in [7, 11) is 0. The van der Waals surface area contributed by atoms with E-state index in [-0.39, 0.29) is 30.0 Å². The van der Waals surface area contributed by atoms with Crippen molar-refractivity contribution in [2.24, 2.45) is 5.92 Å². The number of aliphatic carboxylic acids is 1. The molecule has 1 aromatic carbocycles. The van der Waals surface area contributed by atoms with Gasteiger partial charge < -0.3 is 10.0 Å². The van der Waals surface area contributed by atoms with Gasteiger partial charge in [-0.15, -0.1) is 0 Å². The van der Waals surface area contributed by atoms with Crippen LogP contribution in [0.25, 0.3) is 6.08 Å². The van der Waals surface area contributed by atoms with E-state index in [1.807, 2.05) is 30.3 Å². The van der Waals surface area contributed by atoms with Crippen LogP contribution in [0, 0.1) is 5.92 Å². The van der Waals surface area contributed by atoms with E-state index in [0.29, 0.717) is 30.8 Å². The molecule has 7 nitrogen and oxygen atoms in total. The number of amides is 3. The Morgan fingerprint density at radius 1 is 1.15 bits per heavy atom. The fourth-order valence-electron chi connectivity index (χ4n) is 3.13. The maximum atomic E-state index is 12.5. The fourth-order valence-corrected chi connectivity index (χ4v) is 4.00. The molecule has 142 valence electrons. The van der Waals surface area contributed by atoms with Gasteiger partial charge in [0.2, 0.25) is 5.91 Å². The van der Waals surface area contributed by atoms with Crippen LogP contribution in [0.4, 0.5) is 4.79 Å². The maximum absolute atomic E-state index is 12.5. The third kappa shape index (κ3) is 4.57. The normalized spacial score (nSPS) is 19.8. The number of rotatable bonds is 5. The average molecular weight is 388 g/mol. The molecule has 0 aliphatic carbocycles. The van der Waals surface area contributed by atoms with Crippen molar-refractivity contribution in [2.75, 3.05) is 19.6 Å². The number of carboxylic acid groups (broad SMARTS) is 1. The molecule has 8 heteroatoms. The third-order valence-corrected chi connectivity index (χ3v) is 5.62. The molecule has 3 rings (SSSR count). The van der Waals surface area contributed by atoms with Crippen molar-refractivity contribution in [3.05, 3.63) is 40.8 Å². The number of hydrogen-bond acceptors (Lipinski definition) is 5. The molecule has 2 fully saturated rings. The number of carbonyl (C=O) groups excluding carboxylic acids is 3. The quantitative estimate of drug-likeness (QED) is 0.779. The molecule has 2 saturated heterocycles. The minimum Gasteiger partial charge on any atom is -0.481 e. The molecule has 0 bridgehead atoms. The number of piperidine rings is 1. The van der Waals surface area contributed by atoms with E-state index in [2.05, 4.69) is 0 Å². The van der Waals surface area contributed by atoms with Crippen molar-refractivity contribution in [3.8, 4) is 0 Å². The van der Waals surface area contributed by atoms with Gasteiger partial charge in [-0.05, 0) is 36.2 Å². The van der Waals surface area contributed by atoms with E-state index in [0.717, 1.165) is 22.2 Å². The van der Waals surface area contributed by atoms with Crippen molar-refractivity contribution in [1.82, 2.24) is 9.80 Å². The molecule has 3 amide bonds. The van der Waals surface area contributed by atoms with Crippen molar-refractivity contribution < 1.29 is 24.3 Å². The first-order valence-electron chi connectivity index (χ1n) is 8.76. The highest BCUT2D eigenvalue weighted by Gasteiger charge is 2.35. The molecule has 1 N–H and O–H groups in total. The molecule has 27 heavy (non-hydrogen) atoms. The molecule has 2 aliphatic rings. The van der Waals surface area contributed by atoms with E-state index in [1.165, 1.54) is 0 Å². The number of benzene rings is 1. The largest absolute Gasteiger partial charge is 0.481 e. The minimum absolute atomic E-state index is 0.0362. The summed E-state index contributed by atoms with van der Waals surface area (Å²) in [6, 6.07) is 9.26. The Labute approximate surface area is 161 Å². The predicted molar refractivity (Wildman–Crippen MR) is 101 cm³/mol. The van der Waals surface area contributed by atoms with E-state index < -0.39 is 11.9 Å². The van der Waals surface area contributed by atoms with Gasteiger partial charge in [0.05, 0.1) is 10.8 Å². The van der Waals surface area contributed by atoms with Crippen LogP contribution in [0.15, 0.2) is 35.2 Å². The van der Waals surface area contributed by atoms with E-state index >= 15 is 0 Å². The first kappa shape index (κ1) is 19.2. The first-order valence-corrected chi connectivity index (χ1v) is 9.58. The van der Waals surface area contributed by atoms with Crippen LogP contribution in [0.3, 0.4) is 0 Å². The highest BCUT2D eigenvalue weighted by Crippen LogP contribution is 2.32. The van der Waals surface area contributed by atoms with Gasteiger partial charge >= 0.3 is 5.97 Å². The summed E-state index contributed by atoms with van der Waals surface area (Å²) in [5.41, 5.74) is 0.834. The van der Waals surface area contributed by atoms with Crippen molar-refractivity contribution in [3.63, 3.8) is 0 Å². The van der Waals surface area contributed by atoms with Crippen LogP contribution in [0.5, 0.6) is 0 Å². The lowest BCUT2D eigenvalue weighted by molar-refractivity contribution is -0.145. The molecule has 0 radical (unpaired) electrons. The van der Waals surface area contributed by atoms with Gasteiger partial charge in [0.25, 0.3) is 11.1 Å². The molecule has 2 aliphatic heterocycles. The van der Waals surface area contributed by atoms with Crippen LogP contribution in [0.1, 0.15) is 24.8 Å². The standard InChI is InChI=1S/C19H20N2O5S/c22-16(20-9-6-14(7-10-20)18(24)25)8-11-21-17(23)15(27-19(21)26)12-13-4-2-1-3-5-13/h1-5,12,14H,6-11H2,(H,24,25)/b15-12-. The van der Waals surface area contributed by atoms with Gasteiger partial charge in [-0.1, -0.05) is 30.3 Å². The van der Waals surface area contributed by atoms with Crippen LogP contribution in [-0.2, 0) is 14.4 Å². The minimum atomic E-state index is -0.829. The van der Waals surface area contributed by atoms with Crippen molar-refractivity contribution in [1.29, 1.82) is 0 Å². The Balaban J connectivity index is 1.54. The van der Waals surface area contributed by atoms with Gasteiger partial charge in [-0.2, -0.15) is 0 Å². The van der Waals surface area contributed by atoms with Crippen molar-refractivity contribution >= 4 is 40.9 Å². The van der Waals surface area contributed by atoms with Crippen LogP contribution in [-0.4, -0.2) is 57.6 Å². The second kappa shape index (κ2) is 8.39. The summed E-state index contributed by atoms with van der Waals surface area (Å²) < 4.78 is 0. The Morgan fingerprint density at radius 2 is 1.81 bits per heavy atom. The van der Waals surface area contributed by atoms with E-state index in [4.69, 9.17) is 5.11 Å². The zero-order chi connectivity index (χ0) is 19.4. The summed E-state index contributed by atoms with van der Waals surface area (Å²) in [5, 5.41) is 8.63. The second-order valence-corrected chi connectivity index (χ2v) is 7.48. The highest BCUT2D eigenvalue weighted by atomic mass is 32.2. The SMILES string of the molecule is O=C(O)C1CCN(C(=O)CCN2C(=O)S/C(=C\c3ccccc3)C2=O)CC1. The Morgan fingerprint density at radius 3 is 2.44 bits per heavy atom. The topological polar surface area (TPSA) is 95.0 Å². The molecule has 2 heterocycles. The van der Waals surface area contributed by atoms with Crippen LogP contribution in [0.2, 0.25) is 0 Å². The van der Waals surface area contributed by atoms with Gasteiger partial charge in [-0.3, -0.25) is 24.1 Å². The number of carboxylic acids is 1. The zero-order valence-electron chi connectivity index (χ0n) is 14.7. The summed E-state index contributed by atoms with van der Waals surface area (Å²) in [5.74, 6) is -1.78. The lowest BCUT2D eigenvalue weighted by Gasteiger charge is -2.30. The van der Waals surface area contributed by atoms with Crippen LogP contribution < -0.4 is 0 Å². The number of thioether (sulfide) groups is 1. The second-order valence-electron chi connectivity index (χ2n) is 6.49. The van der Waals surface area contributed by atoms with E-state index in [1.54, 1.807) is 11.0 Å². The van der Waals surface area contributed by atoms with Gasteiger partial charge in [0, 0.05) is 26.1 Å². The molecule has 1 aromatic rings. The Bertz CT molecular complexity index is 785. The molecular weight excluding hydrogens is 368 g/mol. The summed E-state index contributed by atoms with van der Waals surface area (Å²) in [6.45, 7) is 0.825. The summed E-state index contributed by atoms with van der Waals surface area (Å²) in [6.07, 6.45) is 2.59. The molecule has 0 aromatic heterocycles. The summed E-state index contributed by atoms with van der Waals surface area (Å²) in [4.78, 5) is 50.9. The fraction of sp³-hybridized carbons (Fsp3) is 0.368. The smallest absolute Gasteiger partial charge is 0.306 e. The van der Waals surface area contributed by atoms with Gasteiger partial charge in [-0.25, -0.2) is 0 Å². The Kier molecular flexibility index (Phi) is 5.95. The molecule has 0 spiro atoms. The zero-order valence-corrected chi connectivity index (χ0v) is 15.5. The number of hydrogen-bond donors (Lipinski definition) is 1. The molecule has 0 unspecified atom stereocenters. The maximum Gasteiger partial charge on any atom is 0.306 e. The first-order chi connectivity index (χ1) is 13.0. The third-order valence-electron chi connectivity index (χ3n) is 4.72. The average Bonchev–Trinajstić information content (AvgIpc) is 2.93. The van der Waals surface area contributed by atoms with Gasteiger partial charge in [0.15, 0.2) is 0 Å². The predicted octanol–water partition coefficient (Wildman–Crippen LogP) is 2.44. The number of carbonyl (C=O) groups is 4.